The van der Waals surface area contributed by atoms with Gasteiger partial charge in [0.15, 0.2) is 0 Å². The number of aryl methyl sites for hydroxylation is 1. The van der Waals surface area contributed by atoms with Crippen LogP contribution in [0.5, 0.6) is 0 Å². The Kier molecular flexibility index (Phi) is 5.36. The number of halogens is 1. The van der Waals surface area contributed by atoms with Crippen LogP contribution in [0.25, 0.3) is 15.9 Å². The predicted octanol–water partition coefficient (Wildman–Crippen LogP) is 3.95. The van der Waals surface area contributed by atoms with Crippen molar-refractivity contribution in [2.75, 3.05) is 19.7 Å². The van der Waals surface area contributed by atoms with Crippen LogP contribution in [0.15, 0.2) is 30.3 Å². The van der Waals surface area contributed by atoms with Gasteiger partial charge in [-0.3, -0.25) is 9.59 Å². The fraction of sp³-hybridized carbons (Fsp3) is 0.381. The SMILES string of the molecule is CCOC(=O)[C@@H]1CCCN(C(=O)c2cc3c(C)nn(-c4ccc(F)cc4)c3s2)C1. The van der Waals surface area contributed by atoms with Crippen LogP contribution in [0.2, 0.25) is 0 Å². The second-order valence-corrected chi connectivity index (χ2v) is 8.18. The van der Waals surface area contributed by atoms with Gasteiger partial charge in [-0.1, -0.05) is 0 Å². The number of rotatable bonds is 4. The number of hydrogen-bond acceptors (Lipinski definition) is 5. The van der Waals surface area contributed by atoms with Gasteiger partial charge in [-0.2, -0.15) is 5.10 Å². The molecule has 1 saturated heterocycles. The summed E-state index contributed by atoms with van der Waals surface area (Å²) in [5, 5.41) is 5.44. The summed E-state index contributed by atoms with van der Waals surface area (Å²) in [4.78, 5) is 28.4. The number of carbonyl (C=O) groups excluding carboxylic acids is 2. The van der Waals surface area contributed by atoms with Crippen molar-refractivity contribution in [3.05, 3.63) is 46.7 Å². The Bertz CT molecular complexity index is 1060. The maximum atomic E-state index is 13.3. The van der Waals surface area contributed by atoms with Gasteiger partial charge < -0.3 is 9.64 Å². The fourth-order valence-corrected chi connectivity index (χ4v) is 4.83. The van der Waals surface area contributed by atoms with Crippen molar-refractivity contribution in [1.29, 1.82) is 0 Å². The summed E-state index contributed by atoms with van der Waals surface area (Å²) >= 11 is 1.36. The minimum Gasteiger partial charge on any atom is -0.466 e. The van der Waals surface area contributed by atoms with Crippen molar-refractivity contribution in [3.63, 3.8) is 0 Å². The predicted molar refractivity (Wildman–Crippen MR) is 109 cm³/mol. The smallest absolute Gasteiger partial charge is 0.310 e. The van der Waals surface area contributed by atoms with E-state index in [2.05, 4.69) is 5.10 Å². The molecule has 3 aromatic rings. The lowest BCUT2D eigenvalue weighted by molar-refractivity contribution is -0.149. The van der Waals surface area contributed by atoms with Crippen LogP contribution in [0.4, 0.5) is 4.39 Å². The Morgan fingerprint density at radius 2 is 2.07 bits per heavy atom. The van der Waals surface area contributed by atoms with E-state index in [4.69, 9.17) is 4.74 Å². The standard InChI is InChI=1S/C21H22FN3O3S/c1-3-28-21(27)14-5-4-10-24(12-14)19(26)18-11-17-13(2)23-25(20(17)29-18)16-8-6-15(22)7-9-16/h6-9,11,14H,3-5,10,12H2,1-2H3/t14-/m1/s1. The number of carbonyl (C=O) groups is 2. The Labute approximate surface area is 171 Å². The first-order valence-electron chi connectivity index (χ1n) is 9.69. The highest BCUT2D eigenvalue weighted by molar-refractivity contribution is 7.20. The summed E-state index contributed by atoms with van der Waals surface area (Å²) in [5.74, 6) is -0.884. The number of likely N-dealkylation sites (tertiary alicyclic amines) is 1. The van der Waals surface area contributed by atoms with Crippen LogP contribution >= 0.6 is 11.3 Å². The zero-order chi connectivity index (χ0) is 20.5. The molecule has 2 aromatic heterocycles. The fourth-order valence-electron chi connectivity index (χ4n) is 3.68. The monoisotopic (exact) mass is 415 g/mol. The van der Waals surface area contributed by atoms with E-state index in [-0.39, 0.29) is 23.6 Å². The summed E-state index contributed by atoms with van der Waals surface area (Å²) in [6, 6.07) is 7.97. The zero-order valence-electron chi connectivity index (χ0n) is 16.4. The van der Waals surface area contributed by atoms with Crippen molar-refractivity contribution in [1.82, 2.24) is 14.7 Å². The van der Waals surface area contributed by atoms with E-state index in [1.807, 2.05) is 13.0 Å². The van der Waals surface area contributed by atoms with E-state index in [1.54, 1.807) is 28.6 Å². The van der Waals surface area contributed by atoms with E-state index in [0.717, 1.165) is 34.4 Å². The normalized spacial score (nSPS) is 16.9. The van der Waals surface area contributed by atoms with E-state index in [0.29, 0.717) is 24.6 Å². The average molecular weight is 415 g/mol. The van der Waals surface area contributed by atoms with Gasteiger partial charge in [-0.15, -0.1) is 11.3 Å². The highest BCUT2D eigenvalue weighted by Gasteiger charge is 2.31. The van der Waals surface area contributed by atoms with Gasteiger partial charge >= 0.3 is 5.97 Å². The number of fused-ring (bicyclic) bond motifs is 1. The lowest BCUT2D eigenvalue weighted by Crippen LogP contribution is -2.42. The molecule has 4 rings (SSSR count). The first-order chi connectivity index (χ1) is 14.0. The molecule has 29 heavy (non-hydrogen) atoms. The molecule has 0 bridgehead atoms. The van der Waals surface area contributed by atoms with Gasteiger partial charge in [0.05, 0.1) is 28.8 Å². The first kappa shape index (κ1) is 19.6. The molecule has 1 aromatic carbocycles. The number of amides is 1. The molecular weight excluding hydrogens is 393 g/mol. The van der Waals surface area contributed by atoms with Gasteiger partial charge in [0.25, 0.3) is 5.91 Å². The van der Waals surface area contributed by atoms with Crippen LogP contribution in [-0.4, -0.2) is 46.3 Å². The van der Waals surface area contributed by atoms with Crippen LogP contribution in [0, 0.1) is 18.7 Å². The number of esters is 1. The van der Waals surface area contributed by atoms with Crippen LogP contribution < -0.4 is 0 Å². The summed E-state index contributed by atoms with van der Waals surface area (Å²) < 4.78 is 20.1. The average Bonchev–Trinajstić information content (AvgIpc) is 3.29. The molecule has 6 nitrogen and oxygen atoms in total. The van der Waals surface area contributed by atoms with Crippen molar-refractivity contribution in [2.24, 2.45) is 5.92 Å². The Morgan fingerprint density at radius 3 is 2.79 bits per heavy atom. The lowest BCUT2D eigenvalue weighted by Gasteiger charge is -2.31. The number of thiophene rings is 1. The molecule has 0 aliphatic carbocycles. The number of aromatic nitrogens is 2. The highest BCUT2D eigenvalue weighted by atomic mass is 32.1. The third-order valence-electron chi connectivity index (χ3n) is 5.16. The molecule has 1 aliphatic rings. The van der Waals surface area contributed by atoms with E-state index in [1.165, 1.54) is 23.5 Å². The van der Waals surface area contributed by atoms with Crippen molar-refractivity contribution in [2.45, 2.75) is 26.7 Å². The van der Waals surface area contributed by atoms with Crippen LogP contribution in [-0.2, 0) is 9.53 Å². The molecule has 1 atom stereocenters. The van der Waals surface area contributed by atoms with Gasteiger partial charge in [-0.25, -0.2) is 9.07 Å². The second kappa shape index (κ2) is 7.94. The van der Waals surface area contributed by atoms with Gasteiger partial charge in [-0.05, 0) is 57.0 Å². The van der Waals surface area contributed by atoms with Gasteiger partial charge in [0.1, 0.15) is 10.6 Å². The van der Waals surface area contributed by atoms with E-state index < -0.39 is 0 Å². The second-order valence-electron chi connectivity index (χ2n) is 7.15. The molecule has 8 heteroatoms. The minimum absolute atomic E-state index is 0.0785. The Morgan fingerprint density at radius 1 is 1.31 bits per heavy atom. The molecule has 152 valence electrons. The third-order valence-corrected chi connectivity index (χ3v) is 6.25. The molecule has 1 aliphatic heterocycles. The molecule has 1 amide bonds. The molecule has 0 radical (unpaired) electrons. The molecule has 0 unspecified atom stereocenters. The van der Waals surface area contributed by atoms with Crippen LogP contribution in [0.1, 0.15) is 35.1 Å². The molecule has 0 spiro atoms. The largest absolute Gasteiger partial charge is 0.466 e. The van der Waals surface area contributed by atoms with Gasteiger partial charge in [0, 0.05) is 18.5 Å². The number of hydrogen-bond donors (Lipinski definition) is 0. The number of piperidine rings is 1. The van der Waals surface area contributed by atoms with E-state index >= 15 is 0 Å². The number of nitrogens with zero attached hydrogens (tertiary/aromatic N) is 3. The molecule has 3 heterocycles. The topological polar surface area (TPSA) is 64.4 Å². The highest BCUT2D eigenvalue weighted by Crippen LogP contribution is 2.32. The van der Waals surface area contributed by atoms with Crippen molar-refractivity contribution in [3.8, 4) is 5.69 Å². The molecule has 0 N–H and O–H groups in total. The lowest BCUT2D eigenvalue weighted by atomic mass is 9.98. The number of ether oxygens (including phenoxy) is 1. The summed E-state index contributed by atoms with van der Waals surface area (Å²) in [7, 11) is 0. The van der Waals surface area contributed by atoms with Crippen LogP contribution in [0.3, 0.4) is 0 Å². The molecule has 1 fully saturated rings. The number of benzene rings is 1. The quantitative estimate of drug-likeness (QED) is 0.606. The summed E-state index contributed by atoms with van der Waals surface area (Å²) in [5.41, 5.74) is 1.55. The van der Waals surface area contributed by atoms with Crippen molar-refractivity contribution < 1.29 is 18.7 Å². The summed E-state index contributed by atoms with van der Waals surface area (Å²) in [6.45, 7) is 5.04. The van der Waals surface area contributed by atoms with Crippen molar-refractivity contribution >= 4 is 33.4 Å². The maximum Gasteiger partial charge on any atom is 0.310 e. The Balaban J connectivity index is 1.61. The molecular formula is C21H22FN3O3S. The zero-order valence-corrected chi connectivity index (χ0v) is 17.2. The Hall–Kier alpha value is -2.74. The minimum atomic E-state index is -0.308. The summed E-state index contributed by atoms with van der Waals surface area (Å²) in [6.07, 6.45) is 1.52. The first-order valence-corrected chi connectivity index (χ1v) is 10.5. The maximum absolute atomic E-state index is 13.3. The van der Waals surface area contributed by atoms with Gasteiger partial charge in [0.2, 0.25) is 0 Å². The third kappa shape index (κ3) is 3.76. The molecule has 0 saturated carbocycles. The van der Waals surface area contributed by atoms with E-state index in [9.17, 15) is 14.0 Å².